The molecule has 1 aromatic carbocycles. The van der Waals surface area contributed by atoms with Crippen LogP contribution in [0.15, 0.2) is 53.7 Å². The van der Waals surface area contributed by atoms with Gasteiger partial charge in [-0.2, -0.15) is 0 Å². The first-order valence-corrected chi connectivity index (χ1v) is 9.61. The molecule has 1 aliphatic heterocycles. The number of carbonyl (C=O) groups is 1. The summed E-state index contributed by atoms with van der Waals surface area (Å²) in [6.07, 6.45) is 3.61. The Morgan fingerprint density at radius 1 is 1.28 bits per heavy atom. The molecule has 0 radical (unpaired) electrons. The summed E-state index contributed by atoms with van der Waals surface area (Å²) in [5.74, 6) is 0. The van der Waals surface area contributed by atoms with E-state index >= 15 is 0 Å². The molecule has 1 aromatic heterocycles. The Balaban J connectivity index is 1.62. The molecule has 2 aromatic rings. The van der Waals surface area contributed by atoms with Gasteiger partial charge in [0, 0.05) is 18.0 Å². The first kappa shape index (κ1) is 17.8. The number of likely N-dealkylation sites (tertiary alicyclic amines) is 1. The lowest BCUT2D eigenvalue weighted by Crippen LogP contribution is -2.31. The molecule has 132 valence electrons. The van der Waals surface area contributed by atoms with Crippen LogP contribution in [0.2, 0.25) is 0 Å². The average molecular weight is 356 g/mol. The van der Waals surface area contributed by atoms with Gasteiger partial charge < -0.3 is 9.64 Å². The van der Waals surface area contributed by atoms with Crippen LogP contribution in [-0.4, -0.2) is 27.8 Å². The van der Waals surface area contributed by atoms with Gasteiger partial charge in [-0.25, -0.2) is 9.78 Å². The minimum absolute atomic E-state index is 0.0638. The van der Waals surface area contributed by atoms with Crippen molar-refractivity contribution in [3.8, 4) is 0 Å². The molecule has 5 heteroatoms. The summed E-state index contributed by atoms with van der Waals surface area (Å²) in [5, 5.41) is 1.53. The zero-order chi connectivity index (χ0) is 17.6. The molecule has 1 fully saturated rings. The monoisotopic (exact) mass is 356 g/mol. The van der Waals surface area contributed by atoms with E-state index in [0.717, 1.165) is 35.5 Å². The number of nitrogens with zero attached hydrogens (tertiary/aromatic N) is 2. The summed E-state index contributed by atoms with van der Waals surface area (Å²) >= 11 is 1.75. The Hall–Kier alpha value is -2.01. The number of amides is 1. The third kappa shape index (κ3) is 4.75. The van der Waals surface area contributed by atoms with Crippen molar-refractivity contribution in [1.82, 2.24) is 9.88 Å². The lowest BCUT2D eigenvalue weighted by Gasteiger charge is -2.24. The maximum atomic E-state index is 12.5. The number of rotatable bonds is 5. The zero-order valence-electron chi connectivity index (χ0n) is 14.7. The molecule has 2 heterocycles. The first-order valence-electron chi connectivity index (χ1n) is 8.73. The molecule has 1 amide bonds. The molecule has 0 N–H and O–H groups in total. The van der Waals surface area contributed by atoms with Gasteiger partial charge in [0.05, 0.1) is 11.1 Å². The van der Waals surface area contributed by atoms with Gasteiger partial charge in [0.15, 0.2) is 0 Å². The lowest BCUT2D eigenvalue weighted by atomic mass is 10.1. The molecule has 1 saturated heterocycles. The number of ether oxygens (including phenoxy) is 1. The van der Waals surface area contributed by atoms with E-state index in [1.54, 1.807) is 11.8 Å². The number of hydrogen-bond acceptors (Lipinski definition) is 4. The molecule has 0 spiro atoms. The predicted octanol–water partition coefficient (Wildman–Crippen LogP) is 5.06. The Labute approximate surface area is 153 Å². The fourth-order valence-corrected chi connectivity index (χ4v) is 3.78. The highest BCUT2D eigenvalue weighted by molar-refractivity contribution is 7.99. The highest BCUT2D eigenvalue weighted by Gasteiger charge is 2.31. The van der Waals surface area contributed by atoms with Gasteiger partial charge in [-0.3, -0.25) is 0 Å². The molecule has 4 nitrogen and oxygen atoms in total. The minimum Gasteiger partial charge on any atom is -0.445 e. The molecule has 0 unspecified atom stereocenters. The van der Waals surface area contributed by atoms with E-state index in [2.05, 4.69) is 24.9 Å². The van der Waals surface area contributed by atoms with Crippen LogP contribution in [0.4, 0.5) is 4.79 Å². The quantitative estimate of drug-likeness (QED) is 0.703. The minimum atomic E-state index is -0.244. The van der Waals surface area contributed by atoms with Crippen molar-refractivity contribution in [3.05, 3.63) is 59.8 Å². The van der Waals surface area contributed by atoms with Gasteiger partial charge in [-0.15, -0.1) is 11.8 Å². The van der Waals surface area contributed by atoms with E-state index in [-0.39, 0.29) is 12.1 Å². The summed E-state index contributed by atoms with van der Waals surface area (Å²) in [6, 6.07) is 14.0. The van der Waals surface area contributed by atoms with Gasteiger partial charge in [-0.05, 0) is 30.0 Å². The van der Waals surface area contributed by atoms with Crippen molar-refractivity contribution in [1.29, 1.82) is 0 Å². The Bertz CT molecular complexity index is 689. The topological polar surface area (TPSA) is 42.4 Å². The van der Waals surface area contributed by atoms with E-state index in [9.17, 15) is 4.79 Å². The van der Waals surface area contributed by atoms with Crippen LogP contribution in [0, 0.1) is 0 Å². The molecule has 0 aliphatic carbocycles. The Kier molecular flexibility index (Phi) is 5.97. The van der Waals surface area contributed by atoms with E-state index < -0.39 is 0 Å². The molecule has 1 aliphatic rings. The number of thioether (sulfide) groups is 1. The number of benzene rings is 1. The van der Waals surface area contributed by atoms with Crippen molar-refractivity contribution in [2.45, 2.75) is 49.6 Å². The fourth-order valence-electron chi connectivity index (χ4n) is 3.03. The third-order valence-corrected chi connectivity index (χ3v) is 5.15. The van der Waals surface area contributed by atoms with Gasteiger partial charge in [-0.1, -0.05) is 50.2 Å². The van der Waals surface area contributed by atoms with E-state index in [1.807, 2.05) is 47.5 Å². The highest BCUT2D eigenvalue weighted by atomic mass is 32.2. The summed E-state index contributed by atoms with van der Waals surface area (Å²) in [7, 11) is 0. The number of carbonyl (C=O) groups excluding carboxylic acids is 1. The largest absolute Gasteiger partial charge is 0.445 e. The average Bonchev–Trinajstić information content (AvgIpc) is 3.10. The summed E-state index contributed by atoms with van der Waals surface area (Å²) in [6.45, 7) is 5.36. The highest BCUT2D eigenvalue weighted by Crippen LogP contribution is 2.33. The summed E-state index contributed by atoms with van der Waals surface area (Å²) < 4.78 is 5.50. The maximum Gasteiger partial charge on any atom is 0.410 e. The normalized spacial score (nSPS) is 17.1. The van der Waals surface area contributed by atoms with Crippen molar-refractivity contribution in [2.24, 2.45) is 0 Å². The number of pyridine rings is 1. The van der Waals surface area contributed by atoms with Gasteiger partial charge in [0.2, 0.25) is 0 Å². The van der Waals surface area contributed by atoms with Crippen LogP contribution < -0.4 is 0 Å². The molecule has 1 atom stereocenters. The van der Waals surface area contributed by atoms with Gasteiger partial charge in [0.1, 0.15) is 6.61 Å². The van der Waals surface area contributed by atoms with E-state index in [1.165, 1.54) is 0 Å². The second-order valence-corrected chi connectivity index (χ2v) is 8.08. The third-order valence-electron chi connectivity index (χ3n) is 4.19. The molecule has 3 rings (SSSR count). The van der Waals surface area contributed by atoms with E-state index in [4.69, 9.17) is 4.74 Å². The second kappa shape index (κ2) is 8.39. The van der Waals surface area contributed by atoms with Crippen molar-refractivity contribution in [3.63, 3.8) is 0 Å². The van der Waals surface area contributed by atoms with Gasteiger partial charge >= 0.3 is 6.09 Å². The standard InChI is InChI=1S/C20H24N2O2S/c1-15(2)25-19-11-10-17(13-21-19)18-9-6-12-22(18)20(23)24-14-16-7-4-3-5-8-16/h3-5,7-8,10-11,13,15,18H,6,9,12,14H2,1-2H3/t18-/m0/s1. The predicted molar refractivity (Wildman–Crippen MR) is 101 cm³/mol. The molecular weight excluding hydrogens is 332 g/mol. The van der Waals surface area contributed by atoms with Crippen LogP contribution in [0.25, 0.3) is 0 Å². The Morgan fingerprint density at radius 3 is 2.76 bits per heavy atom. The van der Waals surface area contributed by atoms with Crippen LogP contribution in [0.1, 0.15) is 43.9 Å². The lowest BCUT2D eigenvalue weighted by molar-refractivity contribution is 0.0920. The van der Waals surface area contributed by atoms with Crippen LogP contribution in [-0.2, 0) is 11.3 Å². The van der Waals surface area contributed by atoms with Gasteiger partial charge in [0.25, 0.3) is 0 Å². The number of aromatic nitrogens is 1. The van der Waals surface area contributed by atoms with Crippen molar-refractivity contribution in [2.75, 3.05) is 6.54 Å². The van der Waals surface area contributed by atoms with Crippen LogP contribution in [0.3, 0.4) is 0 Å². The summed E-state index contributed by atoms with van der Waals surface area (Å²) in [4.78, 5) is 18.9. The smallest absolute Gasteiger partial charge is 0.410 e. The SMILES string of the molecule is CC(C)Sc1ccc([C@@H]2CCCN2C(=O)OCc2ccccc2)cn1. The summed E-state index contributed by atoms with van der Waals surface area (Å²) in [5.41, 5.74) is 2.09. The molecule has 25 heavy (non-hydrogen) atoms. The zero-order valence-corrected chi connectivity index (χ0v) is 15.5. The first-order chi connectivity index (χ1) is 12.1. The van der Waals surface area contributed by atoms with Crippen molar-refractivity contribution >= 4 is 17.9 Å². The fraction of sp³-hybridized carbons (Fsp3) is 0.400. The van der Waals surface area contributed by atoms with Crippen LogP contribution >= 0.6 is 11.8 Å². The van der Waals surface area contributed by atoms with Crippen LogP contribution in [0.5, 0.6) is 0 Å². The number of hydrogen-bond donors (Lipinski definition) is 0. The van der Waals surface area contributed by atoms with E-state index in [0.29, 0.717) is 11.9 Å². The van der Waals surface area contributed by atoms with Crippen molar-refractivity contribution < 1.29 is 9.53 Å². The maximum absolute atomic E-state index is 12.5. The molecular formula is C20H24N2O2S. The molecule has 0 saturated carbocycles. The second-order valence-electron chi connectivity index (χ2n) is 6.49. The molecule has 0 bridgehead atoms. The Morgan fingerprint density at radius 2 is 2.08 bits per heavy atom.